The number of carbonyl (C=O) groups excluding carboxylic acids is 2. The lowest BCUT2D eigenvalue weighted by atomic mass is 10.1. The quantitative estimate of drug-likeness (QED) is 0.241. The Bertz CT molecular complexity index is 922. The molecule has 2 aromatic rings. The molecule has 0 saturated heterocycles. The van der Waals surface area contributed by atoms with Crippen LogP contribution in [0.25, 0.3) is 6.08 Å². The molecule has 0 radical (unpaired) electrons. The molecule has 0 bridgehead atoms. The summed E-state index contributed by atoms with van der Waals surface area (Å²) in [5, 5.41) is 1.36. The molecule has 9 heteroatoms. The van der Waals surface area contributed by atoms with Crippen LogP contribution in [-0.2, 0) is 25.7 Å². The Morgan fingerprint density at radius 1 is 0.893 bits per heavy atom. The second kappa shape index (κ2) is 10.0. The van der Waals surface area contributed by atoms with Crippen molar-refractivity contribution in [3.63, 3.8) is 0 Å². The molecule has 0 N–H and O–H groups in total. The SMILES string of the molecule is COC(=O)C(=Cc1cc(Cl)cc(Cl)c1OCc1ccc(Cl)cc1Cl)C(=O)OC. The molecular formula is C19H14Cl4O5. The van der Waals surface area contributed by atoms with Gasteiger partial charge in [0.05, 0.1) is 19.2 Å². The first kappa shape index (κ1) is 22.4. The van der Waals surface area contributed by atoms with Crippen molar-refractivity contribution in [1.82, 2.24) is 0 Å². The van der Waals surface area contributed by atoms with E-state index in [4.69, 9.17) is 51.1 Å². The fraction of sp³-hybridized carbons (Fsp3) is 0.158. The number of methoxy groups -OCH3 is 2. The van der Waals surface area contributed by atoms with Crippen molar-refractivity contribution in [2.75, 3.05) is 14.2 Å². The molecule has 0 amide bonds. The van der Waals surface area contributed by atoms with Gasteiger partial charge in [-0.05, 0) is 30.3 Å². The second-order valence-corrected chi connectivity index (χ2v) is 7.06. The van der Waals surface area contributed by atoms with Gasteiger partial charge in [-0.15, -0.1) is 0 Å². The van der Waals surface area contributed by atoms with E-state index in [0.717, 1.165) is 14.2 Å². The summed E-state index contributed by atoms with van der Waals surface area (Å²) in [6, 6.07) is 7.91. The zero-order chi connectivity index (χ0) is 20.8. The van der Waals surface area contributed by atoms with Gasteiger partial charge in [0.25, 0.3) is 0 Å². The molecule has 0 saturated carbocycles. The molecular weight excluding hydrogens is 450 g/mol. The molecule has 0 spiro atoms. The molecule has 0 atom stereocenters. The number of benzene rings is 2. The van der Waals surface area contributed by atoms with Gasteiger partial charge in [0.1, 0.15) is 17.9 Å². The van der Waals surface area contributed by atoms with Crippen LogP contribution in [-0.4, -0.2) is 26.2 Å². The van der Waals surface area contributed by atoms with Crippen LogP contribution in [0.15, 0.2) is 35.9 Å². The maximum atomic E-state index is 11.9. The van der Waals surface area contributed by atoms with E-state index in [-0.39, 0.29) is 33.5 Å². The summed E-state index contributed by atoms with van der Waals surface area (Å²) < 4.78 is 15.0. The lowest BCUT2D eigenvalue weighted by Crippen LogP contribution is -2.15. The van der Waals surface area contributed by atoms with E-state index in [1.807, 2.05) is 0 Å². The molecule has 0 fully saturated rings. The van der Waals surface area contributed by atoms with Crippen LogP contribution in [0.3, 0.4) is 0 Å². The van der Waals surface area contributed by atoms with E-state index in [1.54, 1.807) is 18.2 Å². The van der Waals surface area contributed by atoms with Crippen molar-refractivity contribution in [2.24, 2.45) is 0 Å². The smallest absolute Gasteiger partial charge is 0.345 e. The highest BCUT2D eigenvalue weighted by molar-refractivity contribution is 6.36. The van der Waals surface area contributed by atoms with Crippen LogP contribution >= 0.6 is 46.4 Å². The van der Waals surface area contributed by atoms with E-state index in [0.29, 0.717) is 15.6 Å². The predicted molar refractivity (Wildman–Crippen MR) is 109 cm³/mol. The lowest BCUT2D eigenvalue weighted by Gasteiger charge is -2.14. The number of rotatable bonds is 6. The van der Waals surface area contributed by atoms with E-state index in [2.05, 4.69) is 9.47 Å². The number of hydrogen-bond acceptors (Lipinski definition) is 5. The van der Waals surface area contributed by atoms with Gasteiger partial charge in [0.15, 0.2) is 0 Å². The summed E-state index contributed by atoms with van der Waals surface area (Å²) in [7, 11) is 2.29. The van der Waals surface area contributed by atoms with Crippen LogP contribution < -0.4 is 4.74 Å². The number of esters is 2. The molecule has 5 nitrogen and oxygen atoms in total. The third kappa shape index (κ3) is 5.55. The highest BCUT2D eigenvalue weighted by Crippen LogP contribution is 2.35. The lowest BCUT2D eigenvalue weighted by molar-refractivity contribution is -0.143. The highest BCUT2D eigenvalue weighted by Gasteiger charge is 2.21. The van der Waals surface area contributed by atoms with Crippen LogP contribution in [0.4, 0.5) is 0 Å². The Hall–Kier alpha value is -1.92. The van der Waals surface area contributed by atoms with Gasteiger partial charge >= 0.3 is 11.9 Å². The first-order chi connectivity index (χ1) is 13.3. The van der Waals surface area contributed by atoms with Gasteiger partial charge in [-0.3, -0.25) is 0 Å². The maximum absolute atomic E-state index is 11.9. The second-order valence-electron chi connectivity index (χ2n) is 5.37. The fourth-order valence-electron chi connectivity index (χ4n) is 2.21. The number of ether oxygens (including phenoxy) is 3. The van der Waals surface area contributed by atoms with E-state index in [1.165, 1.54) is 18.2 Å². The van der Waals surface area contributed by atoms with E-state index < -0.39 is 11.9 Å². The van der Waals surface area contributed by atoms with Gasteiger partial charge in [-0.2, -0.15) is 0 Å². The Morgan fingerprint density at radius 3 is 2.07 bits per heavy atom. The third-order valence-electron chi connectivity index (χ3n) is 3.53. The topological polar surface area (TPSA) is 61.8 Å². The van der Waals surface area contributed by atoms with Crippen molar-refractivity contribution < 1.29 is 23.8 Å². The first-order valence-electron chi connectivity index (χ1n) is 7.71. The van der Waals surface area contributed by atoms with Crippen molar-refractivity contribution >= 4 is 64.4 Å². The number of carbonyl (C=O) groups is 2. The van der Waals surface area contributed by atoms with Gasteiger partial charge in [0, 0.05) is 26.2 Å². The molecule has 28 heavy (non-hydrogen) atoms. The minimum atomic E-state index is -0.880. The van der Waals surface area contributed by atoms with Crippen molar-refractivity contribution in [2.45, 2.75) is 6.61 Å². The first-order valence-corrected chi connectivity index (χ1v) is 9.22. The average Bonchev–Trinajstić information content (AvgIpc) is 2.65. The molecule has 0 unspecified atom stereocenters. The largest absolute Gasteiger partial charge is 0.487 e. The monoisotopic (exact) mass is 462 g/mol. The molecule has 0 aliphatic carbocycles. The van der Waals surface area contributed by atoms with Gasteiger partial charge in [0.2, 0.25) is 0 Å². The summed E-state index contributed by atoms with van der Waals surface area (Å²) in [6.45, 7) is 0.0595. The normalized spacial score (nSPS) is 10.2. The van der Waals surface area contributed by atoms with E-state index in [9.17, 15) is 9.59 Å². The predicted octanol–water partition coefficient (Wildman–Crippen LogP) is 5.61. The highest BCUT2D eigenvalue weighted by atomic mass is 35.5. The fourth-order valence-corrected chi connectivity index (χ4v) is 3.23. The summed E-state index contributed by atoms with van der Waals surface area (Å²) in [5.74, 6) is -1.56. The Morgan fingerprint density at radius 2 is 1.50 bits per heavy atom. The van der Waals surface area contributed by atoms with Gasteiger partial charge in [-0.25, -0.2) is 9.59 Å². The Balaban J connectivity index is 2.46. The van der Waals surface area contributed by atoms with Gasteiger partial charge < -0.3 is 14.2 Å². The van der Waals surface area contributed by atoms with Gasteiger partial charge in [-0.1, -0.05) is 52.5 Å². The third-order valence-corrected chi connectivity index (χ3v) is 4.62. The van der Waals surface area contributed by atoms with Crippen molar-refractivity contribution in [3.8, 4) is 5.75 Å². The minimum absolute atomic E-state index is 0.0595. The zero-order valence-electron chi connectivity index (χ0n) is 14.7. The summed E-state index contributed by atoms with van der Waals surface area (Å²) in [6.07, 6.45) is 1.23. The summed E-state index contributed by atoms with van der Waals surface area (Å²) in [5.41, 5.74) is 0.597. The Kier molecular flexibility index (Phi) is 8.01. The van der Waals surface area contributed by atoms with Crippen LogP contribution in [0.2, 0.25) is 20.1 Å². The molecule has 0 aliphatic heterocycles. The molecule has 0 aromatic heterocycles. The number of halogens is 4. The zero-order valence-corrected chi connectivity index (χ0v) is 17.7. The van der Waals surface area contributed by atoms with Crippen LogP contribution in [0.1, 0.15) is 11.1 Å². The molecule has 2 rings (SSSR count). The molecule has 148 valence electrons. The summed E-state index contributed by atoms with van der Waals surface area (Å²) >= 11 is 24.3. The molecule has 2 aromatic carbocycles. The number of hydrogen-bond donors (Lipinski definition) is 0. The van der Waals surface area contributed by atoms with Crippen molar-refractivity contribution in [1.29, 1.82) is 0 Å². The average molecular weight is 464 g/mol. The van der Waals surface area contributed by atoms with Crippen LogP contribution in [0.5, 0.6) is 5.75 Å². The maximum Gasteiger partial charge on any atom is 0.345 e. The summed E-state index contributed by atoms with van der Waals surface area (Å²) in [4.78, 5) is 23.9. The van der Waals surface area contributed by atoms with Crippen molar-refractivity contribution in [3.05, 3.63) is 67.1 Å². The standard InChI is InChI=1S/C19H14Cl4O5/c1-26-18(24)14(19(25)27-2)6-11-5-13(21)8-16(23)17(11)28-9-10-3-4-12(20)7-15(10)22/h3-8H,9H2,1-2H3. The Labute approximate surface area is 181 Å². The molecule has 0 aliphatic rings. The van der Waals surface area contributed by atoms with Crippen LogP contribution in [0, 0.1) is 0 Å². The van der Waals surface area contributed by atoms with E-state index >= 15 is 0 Å². The molecule has 0 heterocycles. The minimum Gasteiger partial charge on any atom is -0.487 e.